The largest absolute Gasteiger partial charge is 0.507 e. The predicted molar refractivity (Wildman–Crippen MR) is 169 cm³/mol. The molecule has 0 aromatic heterocycles. The number of amides is 2. The number of carbonyl (C=O) groups excluding carboxylic acids is 6. The zero-order chi connectivity index (χ0) is 33.9. The second kappa shape index (κ2) is 11.6. The molecule has 0 spiro atoms. The molecule has 0 aliphatic heterocycles. The Bertz CT molecular complexity index is 1850. The van der Waals surface area contributed by atoms with Gasteiger partial charge in [-0.3, -0.25) is 28.8 Å². The maximum Gasteiger partial charge on any atom is 0.255 e. The van der Waals surface area contributed by atoms with Gasteiger partial charge in [-0.2, -0.15) is 0 Å². The summed E-state index contributed by atoms with van der Waals surface area (Å²) in [5.74, 6) is -11.8. The number of phenolic OH excluding ortho intramolecular Hbond substituents is 1. The van der Waals surface area contributed by atoms with Crippen molar-refractivity contribution in [3.63, 3.8) is 0 Å². The average molecular weight is 639 g/mol. The van der Waals surface area contributed by atoms with Gasteiger partial charge in [-0.1, -0.05) is 32.0 Å². The van der Waals surface area contributed by atoms with E-state index in [-0.39, 0.29) is 30.1 Å². The molecule has 2 amide bonds. The Morgan fingerprint density at radius 2 is 1.62 bits per heavy atom. The zero-order valence-corrected chi connectivity index (χ0v) is 26.0. The molecule has 2 unspecified atom stereocenters. The molecule has 242 valence electrons. The molecule has 3 aliphatic rings. The smallest absolute Gasteiger partial charge is 0.255 e. The van der Waals surface area contributed by atoms with Gasteiger partial charge in [0.2, 0.25) is 5.91 Å². The molecule has 3 aromatic carbocycles. The van der Waals surface area contributed by atoms with Crippen LogP contribution in [0.5, 0.6) is 11.5 Å². The Hall–Kier alpha value is -5.16. The van der Waals surface area contributed by atoms with Gasteiger partial charge in [-0.15, -0.1) is 0 Å². The number of benzene rings is 3. The SMILES string of the molecule is COc1ccc(C(=O)Nc2ccc(-c3ccc(O)c4c3C[C@H]3C[C@H]5[C@H](C(C)C)C(=O)C(C(N)=O)C(=O)[C@@]5(O)C(=O)C3C4=O)cc2)cc1. The number of methoxy groups -OCH3 is 1. The van der Waals surface area contributed by atoms with E-state index in [1.807, 2.05) is 0 Å². The van der Waals surface area contributed by atoms with Gasteiger partial charge in [-0.25, -0.2) is 0 Å². The van der Waals surface area contributed by atoms with Crippen molar-refractivity contribution in [1.82, 2.24) is 0 Å². The monoisotopic (exact) mass is 638 g/mol. The van der Waals surface area contributed by atoms with Crippen LogP contribution in [0.15, 0.2) is 60.7 Å². The molecular weight excluding hydrogens is 604 g/mol. The number of aliphatic hydroxyl groups is 1. The number of primary amides is 1. The maximum absolute atomic E-state index is 14.0. The number of anilines is 1. The highest BCUT2D eigenvalue weighted by atomic mass is 16.5. The van der Waals surface area contributed by atoms with Gasteiger partial charge in [0.15, 0.2) is 34.7 Å². The lowest BCUT2D eigenvalue weighted by atomic mass is 9.49. The molecule has 3 aliphatic carbocycles. The van der Waals surface area contributed by atoms with Crippen molar-refractivity contribution >= 4 is 40.6 Å². The van der Waals surface area contributed by atoms with Crippen molar-refractivity contribution in [3.8, 4) is 22.6 Å². The fourth-order valence-electron chi connectivity index (χ4n) is 7.80. The summed E-state index contributed by atoms with van der Waals surface area (Å²) in [6.07, 6.45) is 0.144. The molecule has 11 nitrogen and oxygen atoms in total. The standard InChI is InChI=1S/C36H34N2O9/c1-16(2)26-24-15-19-14-23-22(17-4-8-20(9-5-17)38-35(45)18-6-10-21(47-3)11-7-18)12-13-25(39)28(23)31(41)27(19)32(42)36(24,46)33(43)29(30(26)40)34(37)44/h4-13,16,19,24,26-27,29,39,46H,14-15H2,1-3H3,(H2,37,44)(H,38,45)/t19-,24-,26-,27?,29?,36-/m0/s1. The van der Waals surface area contributed by atoms with Crippen molar-refractivity contribution in [2.45, 2.75) is 32.3 Å². The highest BCUT2D eigenvalue weighted by Crippen LogP contribution is 2.53. The highest BCUT2D eigenvalue weighted by Gasteiger charge is 2.69. The third-order valence-electron chi connectivity index (χ3n) is 10.0. The Morgan fingerprint density at radius 1 is 0.957 bits per heavy atom. The number of aromatic hydroxyl groups is 1. The van der Waals surface area contributed by atoms with Crippen LogP contribution in [0, 0.1) is 35.5 Å². The van der Waals surface area contributed by atoms with Gasteiger partial charge in [0.1, 0.15) is 11.5 Å². The van der Waals surface area contributed by atoms with E-state index in [0.717, 1.165) is 0 Å². The summed E-state index contributed by atoms with van der Waals surface area (Å²) < 4.78 is 5.13. The number of carbonyl (C=O) groups is 6. The normalized spacial score (nSPS) is 26.7. The number of fused-ring (bicyclic) bond motifs is 3. The first-order chi connectivity index (χ1) is 22.3. The van der Waals surface area contributed by atoms with Crippen molar-refractivity contribution in [1.29, 1.82) is 0 Å². The number of hydrogen-bond acceptors (Lipinski definition) is 9. The molecule has 2 fully saturated rings. The molecule has 0 bridgehead atoms. The minimum absolute atomic E-state index is 0.00464. The van der Waals surface area contributed by atoms with Gasteiger partial charge in [0.05, 0.1) is 18.6 Å². The number of hydrogen-bond donors (Lipinski definition) is 4. The van der Waals surface area contributed by atoms with Crippen LogP contribution in [0.2, 0.25) is 0 Å². The van der Waals surface area contributed by atoms with E-state index in [2.05, 4.69) is 5.32 Å². The lowest BCUT2D eigenvalue weighted by molar-refractivity contribution is -0.182. The van der Waals surface area contributed by atoms with Crippen LogP contribution in [0.1, 0.15) is 46.5 Å². The minimum Gasteiger partial charge on any atom is -0.507 e. The van der Waals surface area contributed by atoms with Crippen molar-refractivity contribution in [2.75, 3.05) is 12.4 Å². The quantitative estimate of drug-likeness (QED) is 0.294. The topological polar surface area (TPSA) is 190 Å². The summed E-state index contributed by atoms with van der Waals surface area (Å²) in [7, 11) is 1.54. The first-order valence-corrected chi connectivity index (χ1v) is 15.4. The van der Waals surface area contributed by atoms with Crippen LogP contribution in [-0.4, -0.2) is 57.9 Å². The van der Waals surface area contributed by atoms with Crippen molar-refractivity contribution in [2.24, 2.45) is 41.2 Å². The average Bonchev–Trinajstić information content (AvgIpc) is 3.03. The highest BCUT2D eigenvalue weighted by molar-refractivity contribution is 6.32. The van der Waals surface area contributed by atoms with Gasteiger partial charge < -0.3 is 26.0 Å². The fourth-order valence-corrected chi connectivity index (χ4v) is 7.80. The summed E-state index contributed by atoms with van der Waals surface area (Å²) in [5.41, 5.74) is 5.33. The fraction of sp³-hybridized carbons (Fsp3) is 0.333. The maximum atomic E-state index is 14.0. The van der Waals surface area contributed by atoms with Crippen molar-refractivity contribution in [3.05, 3.63) is 77.4 Å². The molecule has 6 atom stereocenters. The number of phenols is 1. The number of ketones is 4. The summed E-state index contributed by atoms with van der Waals surface area (Å²) in [6.45, 7) is 3.40. The molecule has 6 rings (SSSR count). The molecule has 5 N–H and O–H groups in total. The summed E-state index contributed by atoms with van der Waals surface area (Å²) in [6, 6.07) is 16.6. The Kier molecular flexibility index (Phi) is 7.83. The molecule has 11 heteroatoms. The molecular formula is C36H34N2O9. The van der Waals surface area contributed by atoms with E-state index < -0.39 is 70.1 Å². The van der Waals surface area contributed by atoms with Gasteiger partial charge in [0, 0.05) is 23.1 Å². The molecule has 0 saturated heterocycles. The van der Waals surface area contributed by atoms with E-state index in [0.29, 0.717) is 33.7 Å². The van der Waals surface area contributed by atoms with Crippen LogP contribution in [0.4, 0.5) is 5.69 Å². The number of Topliss-reactive ketones (excluding diaryl/α,β-unsaturated/α-hetero) is 4. The number of rotatable bonds is 6. The van der Waals surface area contributed by atoms with E-state index >= 15 is 0 Å². The van der Waals surface area contributed by atoms with Crippen LogP contribution in [-0.2, 0) is 25.6 Å². The Labute approximate surface area is 270 Å². The van der Waals surface area contributed by atoms with Crippen LogP contribution >= 0.6 is 0 Å². The van der Waals surface area contributed by atoms with E-state index in [4.69, 9.17) is 10.5 Å². The lowest BCUT2D eigenvalue weighted by Gasteiger charge is -2.52. The number of ether oxygens (including phenoxy) is 1. The number of nitrogens with two attached hydrogens (primary N) is 1. The van der Waals surface area contributed by atoms with Crippen molar-refractivity contribution < 1.29 is 43.7 Å². The second-order valence-electron chi connectivity index (χ2n) is 12.9. The second-order valence-corrected chi connectivity index (χ2v) is 12.9. The minimum atomic E-state index is -2.74. The third kappa shape index (κ3) is 4.93. The summed E-state index contributed by atoms with van der Waals surface area (Å²) in [4.78, 5) is 79.8. The molecule has 0 radical (unpaired) electrons. The van der Waals surface area contributed by atoms with Crippen LogP contribution in [0.3, 0.4) is 0 Å². The third-order valence-corrected chi connectivity index (χ3v) is 10.0. The Balaban J connectivity index is 1.34. The van der Waals surface area contributed by atoms with Gasteiger partial charge >= 0.3 is 0 Å². The van der Waals surface area contributed by atoms with Gasteiger partial charge in [-0.05, 0) is 83.8 Å². The first kappa shape index (κ1) is 31.8. The lowest BCUT2D eigenvalue weighted by Crippen LogP contribution is -2.71. The van der Waals surface area contributed by atoms with E-state index in [9.17, 15) is 39.0 Å². The Morgan fingerprint density at radius 3 is 2.21 bits per heavy atom. The molecule has 2 saturated carbocycles. The summed E-state index contributed by atoms with van der Waals surface area (Å²) in [5, 5.41) is 25.5. The zero-order valence-electron chi connectivity index (χ0n) is 26.0. The van der Waals surface area contributed by atoms with Gasteiger partial charge in [0.25, 0.3) is 5.91 Å². The number of nitrogens with one attached hydrogen (secondary N) is 1. The molecule has 47 heavy (non-hydrogen) atoms. The summed E-state index contributed by atoms with van der Waals surface area (Å²) >= 11 is 0. The predicted octanol–water partition coefficient (Wildman–Crippen LogP) is 3.14. The van der Waals surface area contributed by atoms with E-state index in [1.165, 1.54) is 13.2 Å². The molecule has 3 aromatic rings. The van der Waals surface area contributed by atoms with Crippen LogP contribution in [0.25, 0.3) is 11.1 Å². The molecule has 0 heterocycles. The first-order valence-electron chi connectivity index (χ1n) is 15.4. The van der Waals surface area contributed by atoms with E-state index in [1.54, 1.807) is 68.4 Å². The van der Waals surface area contributed by atoms with Crippen LogP contribution < -0.4 is 15.8 Å².